The molecule has 0 spiro atoms. The third-order valence-electron chi connectivity index (χ3n) is 2.38. The molecule has 8 heteroatoms. The van der Waals surface area contributed by atoms with Gasteiger partial charge in [0.05, 0.1) is 20.1 Å². The molecule has 1 amide bonds. The number of carbonyl (C=O) groups excluding carboxylic acids is 2. The minimum Gasteiger partial charge on any atom is -0.469 e. The Labute approximate surface area is 110 Å². The van der Waals surface area contributed by atoms with Crippen molar-refractivity contribution in [2.24, 2.45) is 0 Å². The third-order valence-corrected chi connectivity index (χ3v) is 2.38. The average molecular weight is 271 g/mol. The van der Waals surface area contributed by atoms with Gasteiger partial charge in [0.25, 0.3) is 11.7 Å². The molecule has 0 fully saturated rings. The molecule has 106 valence electrons. The Morgan fingerprint density at radius 1 is 1.32 bits per heavy atom. The zero-order valence-corrected chi connectivity index (χ0v) is 11.2. The van der Waals surface area contributed by atoms with Gasteiger partial charge in [-0.3, -0.25) is 9.59 Å². The molecule has 0 aromatic carbocycles. The maximum absolute atomic E-state index is 12.1. The van der Waals surface area contributed by atoms with Gasteiger partial charge in [-0.15, -0.1) is 0 Å². The van der Waals surface area contributed by atoms with Crippen LogP contribution in [0.2, 0.25) is 0 Å². The van der Waals surface area contributed by atoms with E-state index < -0.39 is 5.91 Å². The summed E-state index contributed by atoms with van der Waals surface area (Å²) in [6.07, 6.45) is 0.1000. The predicted octanol–water partition coefficient (Wildman–Crippen LogP) is 0.0297. The number of aryl methyl sites for hydroxylation is 1. The maximum Gasteiger partial charge on any atom is 0.307 e. The van der Waals surface area contributed by atoms with Gasteiger partial charge >= 0.3 is 5.97 Å². The van der Waals surface area contributed by atoms with E-state index >= 15 is 0 Å². The van der Waals surface area contributed by atoms with Crippen LogP contribution in [0.15, 0.2) is 4.52 Å². The standard InChI is InChI=1S/C11H17N3O5/c1-8-12-10(13-19-8)11(16)14(6-7-17-2)5-4-9(15)18-3/h4-7H2,1-3H3. The topological polar surface area (TPSA) is 94.8 Å². The lowest BCUT2D eigenvalue weighted by molar-refractivity contribution is -0.140. The molecule has 0 unspecified atom stereocenters. The summed E-state index contributed by atoms with van der Waals surface area (Å²) >= 11 is 0. The van der Waals surface area contributed by atoms with Crippen LogP contribution in [0.5, 0.6) is 0 Å². The molecule has 0 saturated heterocycles. The molecule has 1 heterocycles. The van der Waals surface area contributed by atoms with Crippen LogP contribution in [0.3, 0.4) is 0 Å². The second kappa shape index (κ2) is 7.47. The summed E-state index contributed by atoms with van der Waals surface area (Å²) in [5, 5.41) is 3.56. The number of hydrogen-bond donors (Lipinski definition) is 0. The molecule has 1 aromatic rings. The molecule has 0 bridgehead atoms. The molecule has 0 aliphatic carbocycles. The smallest absolute Gasteiger partial charge is 0.307 e. The van der Waals surface area contributed by atoms with E-state index in [1.165, 1.54) is 19.1 Å². The van der Waals surface area contributed by atoms with E-state index in [0.717, 1.165) is 0 Å². The van der Waals surface area contributed by atoms with Crippen molar-refractivity contribution in [3.63, 3.8) is 0 Å². The molecular formula is C11H17N3O5. The number of ether oxygens (including phenoxy) is 2. The molecule has 0 N–H and O–H groups in total. The fourth-order valence-corrected chi connectivity index (χ4v) is 1.37. The van der Waals surface area contributed by atoms with Crippen molar-refractivity contribution in [3.05, 3.63) is 11.7 Å². The van der Waals surface area contributed by atoms with Gasteiger partial charge in [0.1, 0.15) is 0 Å². The molecule has 0 radical (unpaired) electrons. The van der Waals surface area contributed by atoms with E-state index in [-0.39, 0.29) is 24.8 Å². The monoisotopic (exact) mass is 271 g/mol. The second-order valence-corrected chi connectivity index (χ2v) is 3.75. The zero-order chi connectivity index (χ0) is 14.3. The minimum absolute atomic E-state index is 0.0292. The summed E-state index contributed by atoms with van der Waals surface area (Å²) in [7, 11) is 2.83. The Bertz CT molecular complexity index is 432. The first-order valence-corrected chi connectivity index (χ1v) is 5.73. The van der Waals surface area contributed by atoms with Crippen molar-refractivity contribution in [1.29, 1.82) is 0 Å². The van der Waals surface area contributed by atoms with Gasteiger partial charge < -0.3 is 18.9 Å². The van der Waals surface area contributed by atoms with E-state index in [2.05, 4.69) is 14.9 Å². The number of amides is 1. The summed E-state index contributed by atoms with van der Waals surface area (Å²) < 4.78 is 14.2. The summed E-state index contributed by atoms with van der Waals surface area (Å²) in [5.74, 6) is -0.515. The normalized spacial score (nSPS) is 10.3. The molecule has 1 rings (SSSR count). The van der Waals surface area contributed by atoms with Crippen molar-refractivity contribution >= 4 is 11.9 Å². The minimum atomic E-state index is -0.405. The van der Waals surface area contributed by atoms with Gasteiger partial charge in [0, 0.05) is 27.1 Å². The molecule has 8 nitrogen and oxygen atoms in total. The highest BCUT2D eigenvalue weighted by Crippen LogP contribution is 2.03. The van der Waals surface area contributed by atoms with Crippen LogP contribution in [0.25, 0.3) is 0 Å². The van der Waals surface area contributed by atoms with E-state index in [4.69, 9.17) is 9.26 Å². The predicted molar refractivity (Wildman–Crippen MR) is 63.4 cm³/mol. The van der Waals surface area contributed by atoms with Crippen LogP contribution in [0, 0.1) is 6.92 Å². The van der Waals surface area contributed by atoms with E-state index in [1.54, 1.807) is 6.92 Å². The van der Waals surface area contributed by atoms with Crippen LogP contribution in [-0.2, 0) is 14.3 Å². The summed E-state index contributed by atoms with van der Waals surface area (Å²) in [6, 6.07) is 0. The molecule has 19 heavy (non-hydrogen) atoms. The van der Waals surface area contributed by atoms with Gasteiger partial charge in [-0.2, -0.15) is 4.98 Å². The Morgan fingerprint density at radius 3 is 2.58 bits per heavy atom. The largest absolute Gasteiger partial charge is 0.469 e. The van der Waals surface area contributed by atoms with Gasteiger partial charge in [-0.25, -0.2) is 0 Å². The van der Waals surface area contributed by atoms with Gasteiger partial charge in [0.15, 0.2) is 0 Å². The Morgan fingerprint density at radius 2 is 2.05 bits per heavy atom. The lowest BCUT2D eigenvalue weighted by atomic mass is 10.3. The lowest BCUT2D eigenvalue weighted by Crippen LogP contribution is -2.36. The van der Waals surface area contributed by atoms with E-state index in [1.807, 2.05) is 0 Å². The summed E-state index contributed by atoms with van der Waals surface area (Å²) in [4.78, 5) is 28.5. The van der Waals surface area contributed by atoms with Gasteiger partial charge in [-0.05, 0) is 0 Å². The maximum atomic E-state index is 12.1. The lowest BCUT2D eigenvalue weighted by Gasteiger charge is -2.19. The van der Waals surface area contributed by atoms with Gasteiger partial charge in [-0.1, -0.05) is 5.16 Å². The van der Waals surface area contributed by atoms with Crippen molar-refractivity contribution in [1.82, 2.24) is 15.0 Å². The third kappa shape index (κ3) is 4.66. The Balaban J connectivity index is 2.66. The number of esters is 1. The van der Waals surface area contributed by atoms with Crippen LogP contribution in [0.1, 0.15) is 22.9 Å². The molecule has 0 saturated carbocycles. The SMILES string of the molecule is COCCN(CCC(=O)OC)C(=O)c1noc(C)n1. The van der Waals surface area contributed by atoms with Crippen molar-refractivity contribution in [3.8, 4) is 0 Å². The average Bonchev–Trinajstić information content (AvgIpc) is 2.84. The highest BCUT2D eigenvalue weighted by atomic mass is 16.5. The van der Waals surface area contributed by atoms with Crippen molar-refractivity contribution in [2.45, 2.75) is 13.3 Å². The van der Waals surface area contributed by atoms with Crippen LogP contribution < -0.4 is 0 Å². The molecule has 1 aromatic heterocycles. The van der Waals surface area contributed by atoms with Crippen LogP contribution in [-0.4, -0.2) is 60.8 Å². The van der Waals surface area contributed by atoms with Crippen molar-refractivity contribution < 1.29 is 23.6 Å². The molecule has 0 aliphatic heterocycles. The summed E-state index contributed by atoms with van der Waals surface area (Å²) in [5.41, 5.74) is 0. The highest BCUT2D eigenvalue weighted by molar-refractivity contribution is 5.90. The number of hydrogen-bond acceptors (Lipinski definition) is 7. The fourth-order valence-electron chi connectivity index (χ4n) is 1.37. The van der Waals surface area contributed by atoms with Gasteiger partial charge in [0.2, 0.25) is 5.89 Å². The Kier molecular flexibility index (Phi) is 5.94. The molecule has 0 atom stereocenters. The number of methoxy groups -OCH3 is 2. The first kappa shape index (κ1) is 15.1. The van der Waals surface area contributed by atoms with E-state index in [9.17, 15) is 9.59 Å². The van der Waals surface area contributed by atoms with E-state index in [0.29, 0.717) is 19.0 Å². The zero-order valence-electron chi connectivity index (χ0n) is 11.2. The highest BCUT2D eigenvalue weighted by Gasteiger charge is 2.21. The van der Waals surface area contributed by atoms with Crippen molar-refractivity contribution in [2.75, 3.05) is 33.9 Å². The Hall–Kier alpha value is -1.96. The summed E-state index contributed by atoms with van der Waals surface area (Å²) in [6.45, 7) is 2.49. The van der Waals surface area contributed by atoms with Crippen LogP contribution >= 0.6 is 0 Å². The number of carbonyl (C=O) groups is 2. The quantitative estimate of drug-likeness (QED) is 0.645. The molecule has 0 aliphatic rings. The number of nitrogens with zero attached hydrogens (tertiary/aromatic N) is 3. The molecular weight excluding hydrogens is 254 g/mol. The fraction of sp³-hybridized carbons (Fsp3) is 0.636. The van der Waals surface area contributed by atoms with Crippen LogP contribution in [0.4, 0.5) is 0 Å². The second-order valence-electron chi connectivity index (χ2n) is 3.75. The number of rotatable bonds is 7. The first-order valence-electron chi connectivity index (χ1n) is 5.73. The number of aromatic nitrogens is 2. The first-order chi connectivity index (χ1) is 9.08.